The van der Waals surface area contributed by atoms with Crippen LogP contribution < -0.4 is 9.64 Å². The fraction of sp³-hybridized carbons (Fsp3) is 0.222. The third-order valence-electron chi connectivity index (χ3n) is 4.21. The van der Waals surface area contributed by atoms with Crippen molar-refractivity contribution in [2.45, 2.75) is 13.5 Å². The molecule has 1 aliphatic heterocycles. The first-order chi connectivity index (χ1) is 14.1. The summed E-state index contributed by atoms with van der Waals surface area (Å²) in [5.41, 5.74) is 1.26. The Balaban J connectivity index is 1.92. The zero-order valence-corrected chi connectivity index (χ0v) is 18.1. The number of para-hydroxylation sites is 2. The standard InChI is InChI=1S/C18H18N2O7S3/c1-11(16-17(23)20(10-15(21)22)18(28)29-16)6-7-14-19(8-9-30(24,25)26)12-4-2-3-5-13(12)27-14/h2-7,23H,8-10H2,1H3,(H,21,22)(H,24,25,26). The average molecular weight is 471 g/mol. The topological polar surface area (TPSA) is 129 Å². The number of aliphatic carboxylic acids is 1. The van der Waals surface area contributed by atoms with Crippen molar-refractivity contribution in [2.24, 2.45) is 0 Å². The summed E-state index contributed by atoms with van der Waals surface area (Å²) in [6.45, 7) is 1.25. The zero-order valence-electron chi connectivity index (χ0n) is 15.7. The third kappa shape index (κ3) is 4.90. The van der Waals surface area contributed by atoms with Crippen molar-refractivity contribution < 1.29 is 32.7 Å². The van der Waals surface area contributed by atoms with Crippen LogP contribution in [0, 0.1) is 3.95 Å². The van der Waals surface area contributed by atoms with Gasteiger partial charge < -0.3 is 19.8 Å². The summed E-state index contributed by atoms with van der Waals surface area (Å²) in [6.07, 6.45) is 3.25. The van der Waals surface area contributed by atoms with Crippen LogP contribution in [0.5, 0.6) is 11.6 Å². The van der Waals surface area contributed by atoms with E-state index in [9.17, 15) is 18.3 Å². The molecule has 0 atom stereocenters. The van der Waals surface area contributed by atoms with Gasteiger partial charge in [0.05, 0.1) is 16.3 Å². The van der Waals surface area contributed by atoms with Crippen LogP contribution in [-0.2, 0) is 21.5 Å². The maximum absolute atomic E-state index is 11.2. The van der Waals surface area contributed by atoms with Crippen molar-refractivity contribution >= 4 is 50.9 Å². The van der Waals surface area contributed by atoms with Gasteiger partial charge in [0, 0.05) is 6.54 Å². The van der Waals surface area contributed by atoms with Crippen LogP contribution in [0.25, 0.3) is 5.57 Å². The molecule has 0 fully saturated rings. The molecule has 0 radical (unpaired) electrons. The van der Waals surface area contributed by atoms with E-state index in [-0.39, 0.29) is 16.4 Å². The number of anilines is 1. The van der Waals surface area contributed by atoms with Gasteiger partial charge in [0.1, 0.15) is 6.54 Å². The Bertz CT molecular complexity index is 1210. The summed E-state index contributed by atoms with van der Waals surface area (Å²) in [5.74, 6) is -0.965. The quantitative estimate of drug-likeness (QED) is 0.413. The summed E-state index contributed by atoms with van der Waals surface area (Å²) in [4.78, 5) is 13.0. The maximum atomic E-state index is 11.2. The van der Waals surface area contributed by atoms with Gasteiger partial charge in [-0.05, 0) is 42.9 Å². The molecule has 12 heteroatoms. The van der Waals surface area contributed by atoms with E-state index in [2.05, 4.69) is 0 Å². The Morgan fingerprint density at radius 1 is 1.33 bits per heavy atom. The van der Waals surface area contributed by atoms with Crippen LogP contribution in [0.15, 0.2) is 42.3 Å². The van der Waals surface area contributed by atoms with Gasteiger partial charge in [-0.3, -0.25) is 13.9 Å². The van der Waals surface area contributed by atoms with E-state index >= 15 is 0 Å². The fourth-order valence-electron chi connectivity index (χ4n) is 2.81. The summed E-state index contributed by atoms with van der Waals surface area (Å²) in [6, 6.07) is 7.05. The number of carboxylic acids is 1. The van der Waals surface area contributed by atoms with Crippen molar-refractivity contribution in [1.29, 1.82) is 0 Å². The monoisotopic (exact) mass is 470 g/mol. The minimum atomic E-state index is -4.16. The maximum Gasteiger partial charge on any atom is 0.323 e. The highest BCUT2D eigenvalue weighted by atomic mass is 32.2. The van der Waals surface area contributed by atoms with Crippen LogP contribution in [0.1, 0.15) is 11.8 Å². The highest BCUT2D eigenvalue weighted by Crippen LogP contribution is 2.39. The van der Waals surface area contributed by atoms with E-state index in [0.717, 1.165) is 15.9 Å². The summed E-state index contributed by atoms with van der Waals surface area (Å²) < 4.78 is 38.6. The normalized spacial score (nSPS) is 15.3. The number of hydrogen-bond acceptors (Lipinski definition) is 8. The lowest BCUT2D eigenvalue weighted by atomic mass is 10.2. The molecule has 0 unspecified atom stereocenters. The molecule has 0 saturated heterocycles. The van der Waals surface area contributed by atoms with Gasteiger partial charge in [0.2, 0.25) is 11.8 Å². The van der Waals surface area contributed by atoms with Gasteiger partial charge in [0.25, 0.3) is 10.1 Å². The number of carboxylic acid groups (broad SMARTS) is 1. The number of benzene rings is 1. The second kappa shape index (κ2) is 8.60. The molecular weight excluding hydrogens is 452 g/mol. The van der Waals surface area contributed by atoms with Gasteiger partial charge in [-0.2, -0.15) is 8.42 Å². The molecule has 30 heavy (non-hydrogen) atoms. The van der Waals surface area contributed by atoms with Gasteiger partial charge in [-0.15, -0.1) is 11.3 Å². The Kier molecular flexibility index (Phi) is 6.31. The minimum absolute atomic E-state index is 0.0201. The molecule has 1 aromatic carbocycles. The van der Waals surface area contributed by atoms with E-state index in [1.54, 1.807) is 48.2 Å². The van der Waals surface area contributed by atoms with Gasteiger partial charge in [-0.1, -0.05) is 18.2 Å². The van der Waals surface area contributed by atoms with Crippen LogP contribution in [0.3, 0.4) is 0 Å². The predicted molar refractivity (Wildman–Crippen MR) is 115 cm³/mol. The number of rotatable bonds is 7. The Morgan fingerprint density at radius 2 is 2.03 bits per heavy atom. The van der Waals surface area contributed by atoms with Crippen LogP contribution >= 0.6 is 23.6 Å². The van der Waals surface area contributed by atoms with E-state index in [0.29, 0.717) is 27.8 Å². The summed E-state index contributed by atoms with van der Waals surface area (Å²) in [5, 5.41) is 19.3. The first-order valence-corrected chi connectivity index (χ1v) is 11.4. The Morgan fingerprint density at radius 3 is 2.70 bits per heavy atom. The largest absolute Gasteiger partial charge is 0.493 e. The smallest absolute Gasteiger partial charge is 0.323 e. The van der Waals surface area contributed by atoms with Crippen molar-refractivity contribution in [3.63, 3.8) is 0 Å². The molecule has 2 heterocycles. The number of aromatic hydroxyl groups is 1. The van der Waals surface area contributed by atoms with Crippen molar-refractivity contribution in [3.8, 4) is 11.6 Å². The molecule has 0 spiro atoms. The third-order valence-corrected chi connectivity index (χ3v) is 6.48. The first-order valence-electron chi connectivity index (χ1n) is 8.60. The van der Waals surface area contributed by atoms with Crippen LogP contribution in [-0.4, -0.2) is 46.0 Å². The molecule has 0 aliphatic carbocycles. The van der Waals surface area contributed by atoms with Crippen molar-refractivity contribution in [3.05, 3.63) is 51.1 Å². The number of thiazole rings is 1. The number of aromatic nitrogens is 1. The van der Waals surface area contributed by atoms with E-state index < -0.39 is 28.4 Å². The molecule has 9 nitrogen and oxygen atoms in total. The van der Waals surface area contributed by atoms with Gasteiger partial charge in [0.15, 0.2) is 9.70 Å². The van der Waals surface area contributed by atoms with E-state index in [1.165, 1.54) is 0 Å². The van der Waals surface area contributed by atoms with Crippen LogP contribution in [0.4, 0.5) is 5.69 Å². The summed E-state index contributed by atoms with van der Waals surface area (Å²) in [7, 11) is -4.16. The molecule has 2 aromatic rings. The van der Waals surface area contributed by atoms with E-state index in [4.69, 9.17) is 26.6 Å². The SMILES string of the molecule is CC(=CC=C1Oc2ccccc2N1CCS(=O)(=O)O)c1sc(=S)n(CC(=O)O)c1O. The number of ether oxygens (including phenoxy) is 1. The predicted octanol–water partition coefficient (Wildman–Crippen LogP) is 3.10. The first kappa shape index (κ1) is 22.0. The lowest BCUT2D eigenvalue weighted by Crippen LogP contribution is -2.26. The number of carbonyl (C=O) groups is 1. The number of hydrogen-bond donors (Lipinski definition) is 3. The Labute approximate surface area is 181 Å². The fourth-order valence-corrected chi connectivity index (χ4v) is 4.50. The molecule has 3 N–H and O–H groups in total. The van der Waals surface area contributed by atoms with Crippen molar-refractivity contribution in [2.75, 3.05) is 17.2 Å². The second-order valence-electron chi connectivity index (χ2n) is 6.36. The van der Waals surface area contributed by atoms with Gasteiger partial charge in [-0.25, -0.2) is 0 Å². The molecule has 1 aliphatic rings. The molecule has 3 rings (SSSR count). The minimum Gasteiger partial charge on any atom is -0.493 e. The lowest BCUT2D eigenvalue weighted by Gasteiger charge is -2.17. The Hall–Kier alpha value is -2.67. The van der Waals surface area contributed by atoms with Crippen LogP contribution in [0.2, 0.25) is 0 Å². The van der Waals surface area contributed by atoms with Crippen molar-refractivity contribution in [1.82, 2.24) is 4.57 Å². The van der Waals surface area contributed by atoms with Gasteiger partial charge >= 0.3 is 5.97 Å². The summed E-state index contributed by atoms with van der Waals surface area (Å²) >= 11 is 6.20. The zero-order chi connectivity index (χ0) is 22.1. The lowest BCUT2D eigenvalue weighted by molar-refractivity contribution is -0.137. The molecule has 160 valence electrons. The number of allylic oxidation sites excluding steroid dienone is 3. The molecular formula is C18H18N2O7S3. The molecule has 0 amide bonds. The second-order valence-corrected chi connectivity index (χ2v) is 9.58. The highest BCUT2D eigenvalue weighted by Gasteiger charge is 2.26. The molecule has 0 bridgehead atoms. The van der Waals surface area contributed by atoms with E-state index in [1.807, 2.05) is 0 Å². The molecule has 1 aromatic heterocycles. The number of nitrogens with zero attached hydrogens (tertiary/aromatic N) is 2. The molecule has 0 saturated carbocycles. The number of fused-ring (bicyclic) bond motifs is 1. The average Bonchev–Trinajstić information content (AvgIpc) is 3.15. The highest BCUT2D eigenvalue weighted by molar-refractivity contribution is 7.85.